The molecule has 0 atom stereocenters. The Morgan fingerprint density at radius 1 is 0.941 bits per heavy atom. The van der Waals surface area contributed by atoms with Crippen LogP contribution < -0.4 is 10.2 Å². The van der Waals surface area contributed by atoms with E-state index in [1.54, 1.807) is 6.07 Å². The van der Waals surface area contributed by atoms with E-state index in [9.17, 15) is 18.8 Å². The van der Waals surface area contributed by atoms with Crippen LogP contribution in [0.1, 0.15) is 63.2 Å². The molecule has 0 radical (unpaired) electrons. The third-order valence-corrected chi connectivity index (χ3v) is 7.28. The molecule has 2 heterocycles. The van der Waals surface area contributed by atoms with Crippen LogP contribution in [0.2, 0.25) is 0 Å². The van der Waals surface area contributed by atoms with Crippen molar-refractivity contribution in [3.05, 3.63) is 65.0 Å². The number of carbonyl (C=O) groups excluding carboxylic acids is 3. The number of rotatable bonds is 5. The molecule has 0 aromatic heterocycles. The van der Waals surface area contributed by atoms with Gasteiger partial charge in [-0.05, 0) is 55.3 Å². The molecule has 3 aliphatic rings. The number of carbonyl (C=O) groups is 3. The van der Waals surface area contributed by atoms with Crippen LogP contribution >= 0.6 is 0 Å². The van der Waals surface area contributed by atoms with Gasteiger partial charge in [0.1, 0.15) is 5.82 Å². The van der Waals surface area contributed by atoms with Gasteiger partial charge in [0, 0.05) is 30.7 Å². The molecule has 34 heavy (non-hydrogen) atoms. The number of imide groups is 1. The fourth-order valence-corrected chi connectivity index (χ4v) is 5.41. The number of nitrogens with zero attached hydrogens (tertiary/aromatic N) is 2. The summed E-state index contributed by atoms with van der Waals surface area (Å²) in [6.07, 6.45) is 5.57. The van der Waals surface area contributed by atoms with Gasteiger partial charge in [0.15, 0.2) is 0 Å². The number of morpholine rings is 1. The minimum Gasteiger partial charge on any atom is -0.379 e. The summed E-state index contributed by atoms with van der Waals surface area (Å²) in [4.78, 5) is 42.4. The summed E-state index contributed by atoms with van der Waals surface area (Å²) < 4.78 is 18.8. The number of ether oxygens (including phenoxy) is 1. The summed E-state index contributed by atoms with van der Waals surface area (Å²) in [5.41, 5.74) is 0.988. The van der Waals surface area contributed by atoms with Crippen LogP contribution in [0, 0.1) is 5.82 Å². The Morgan fingerprint density at radius 3 is 2.32 bits per heavy atom. The molecule has 7 nitrogen and oxygen atoms in total. The van der Waals surface area contributed by atoms with Gasteiger partial charge in [-0.15, -0.1) is 0 Å². The molecule has 1 saturated heterocycles. The zero-order valence-electron chi connectivity index (χ0n) is 19.0. The number of benzene rings is 2. The van der Waals surface area contributed by atoms with Gasteiger partial charge in [0.25, 0.3) is 17.7 Å². The molecule has 8 heteroatoms. The maximum absolute atomic E-state index is 13.3. The van der Waals surface area contributed by atoms with Crippen LogP contribution in [0.15, 0.2) is 42.5 Å². The second kappa shape index (κ2) is 9.27. The maximum Gasteiger partial charge on any atom is 0.266 e. The van der Waals surface area contributed by atoms with Gasteiger partial charge in [-0.2, -0.15) is 0 Å². The van der Waals surface area contributed by atoms with Gasteiger partial charge in [0.05, 0.1) is 30.0 Å². The van der Waals surface area contributed by atoms with Gasteiger partial charge in [0.2, 0.25) is 0 Å². The standard InChI is InChI=1S/C26H28FN3O4/c27-19-5-7-20(8-6-19)30-24(32)21-9-4-18(16-22(21)25(30)33)23(31)28-17-26(10-2-1-3-11-26)29-12-14-34-15-13-29/h4-9,16H,1-3,10-15,17H2,(H,28,31). The molecule has 0 spiro atoms. The minimum absolute atomic E-state index is 0.0699. The van der Waals surface area contributed by atoms with Crippen LogP contribution in [0.5, 0.6) is 0 Å². The van der Waals surface area contributed by atoms with Crippen molar-refractivity contribution in [3.8, 4) is 0 Å². The fraction of sp³-hybridized carbons (Fsp3) is 0.423. The summed E-state index contributed by atoms with van der Waals surface area (Å²) >= 11 is 0. The predicted octanol–water partition coefficient (Wildman–Crippen LogP) is 3.39. The normalized spacial score (nSPS) is 20.3. The van der Waals surface area contributed by atoms with E-state index in [1.165, 1.54) is 42.8 Å². The van der Waals surface area contributed by atoms with Gasteiger partial charge in [-0.25, -0.2) is 9.29 Å². The average Bonchev–Trinajstić information content (AvgIpc) is 3.13. The Hall–Kier alpha value is -3.10. The molecular formula is C26H28FN3O4. The first-order valence-electron chi connectivity index (χ1n) is 11.9. The SMILES string of the molecule is O=C(NCC1(N2CCOCC2)CCCCC1)c1ccc2c(c1)C(=O)N(c1ccc(F)cc1)C2=O. The van der Waals surface area contributed by atoms with Gasteiger partial charge >= 0.3 is 0 Å². The topological polar surface area (TPSA) is 79.0 Å². The molecule has 0 bridgehead atoms. The van der Waals surface area contributed by atoms with Crippen molar-refractivity contribution in [1.82, 2.24) is 10.2 Å². The molecule has 2 aromatic carbocycles. The second-order valence-electron chi connectivity index (χ2n) is 9.25. The van der Waals surface area contributed by atoms with Crippen LogP contribution in [0.4, 0.5) is 10.1 Å². The third kappa shape index (κ3) is 4.12. The van der Waals surface area contributed by atoms with Crippen molar-refractivity contribution < 1.29 is 23.5 Å². The number of halogens is 1. The van der Waals surface area contributed by atoms with Crippen LogP contribution in [-0.2, 0) is 4.74 Å². The minimum atomic E-state index is -0.515. The van der Waals surface area contributed by atoms with Crippen LogP contribution in [-0.4, -0.2) is 61.0 Å². The van der Waals surface area contributed by atoms with E-state index in [1.807, 2.05) is 0 Å². The van der Waals surface area contributed by atoms with Crippen molar-refractivity contribution in [3.63, 3.8) is 0 Å². The van der Waals surface area contributed by atoms with Crippen molar-refractivity contribution in [2.24, 2.45) is 0 Å². The highest BCUT2D eigenvalue weighted by molar-refractivity contribution is 6.34. The molecule has 3 amide bonds. The number of amides is 3. The summed E-state index contributed by atoms with van der Waals surface area (Å²) in [6.45, 7) is 3.69. The molecule has 5 rings (SSSR count). The Labute approximate surface area is 197 Å². The molecular weight excluding hydrogens is 437 g/mol. The number of fused-ring (bicyclic) bond motifs is 1. The van der Waals surface area contributed by atoms with Crippen molar-refractivity contribution in [2.75, 3.05) is 37.7 Å². The number of nitrogens with one attached hydrogen (secondary N) is 1. The Kier molecular flexibility index (Phi) is 6.18. The van der Waals surface area contributed by atoms with Crippen LogP contribution in [0.25, 0.3) is 0 Å². The van der Waals surface area contributed by atoms with Crippen molar-refractivity contribution >= 4 is 23.4 Å². The third-order valence-electron chi connectivity index (χ3n) is 7.28. The predicted molar refractivity (Wildman–Crippen MR) is 125 cm³/mol. The second-order valence-corrected chi connectivity index (χ2v) is 9.25. The Bertz CT molecular complexity index is 1110. The first-order valence-corrected chi connectivity index (χ1v) is 11.9. The van der Waals surface area contributed by atoms with E-state index < -0.39 is 17.6 Å². The molecule has 1 saturated carbocycles. The maximum atomic E-state index is 13.3. The first-order chi connectivity index (χ1) is 16.5. The average molecular weight is 466 g/mol. The molecule has 1 aliphatic carbocycles. The Morgan fingerprint density at radius 2 is 1.62 bits per heavy atom. The van der Waals surface area contributed by atoms with E-state index in [2.05, 4.69) is 10.2 Å². The number of hydrogen-bond acceptors (Lipinski definition) is 5. The van der Waals surface area contributed by atoms with E-state index in [-0.39, 0.29) is 22.6 Å². The van der Waals surface area contributed by atoms with Gasteiger partial charge in [-0.3, -0.25) is 19.3 Å². The van der Waals surface area contributed by atoms with Crippen molar-refractivity contribution in [1.29, 1.82) is 0 Å². The number of anilines is 1. The Balaban J connectivity index is 1.33. The summed E-state index contributed by atoms with van der Waals surface area (Å²) in [5, 5.41) is 3.10. The monoisotopic (exact) mass is 465 g/mol. The van der Waals surface area contributed by atoms with Crippen LogP contribution in [0.3, 0.4) is 0 Å². The van der Waals surface area contributed by atoms with E-state index >= 15 is 0 Å². The molecule has 178 valence electrons. The van der Waals surface area contributed by atoms with Crippen molar-refractivity contribution in [2.45, 2.75) is 37.6 Å². The first kappa shape index (κ1) is 22.7. The van der Waals surface area contributed by atoms with E-state index in [4.69, 9.17) is 4.74 Å². The number of hydrogen-bond donors (Lipinski definition) is 1. The van der Waals surface area contributed by atoms with Gasteiger partial charge in [-0.1, -0.05) is 19.3 Å². The molecule has 2 fully saturated rings. The zero-order valence-corrected chi connectivity index (χ0v) is 19.0. The lowest BCUT2D eigenvalue weighted by molar-refractivity contribution is -0.0361. The van der Waals surface area contributed by atoms with Gasteiger partial charge < -0.3 is 10.1 Å². The highest BCUT2D eigenvalue weighted by atomic mass is 19.1. The quantitative estimate of drug-likeness (QED) is 0.685. The molecule has 2 aromatic rings. The van der Waals surface area contributed by atoms with E-state index in [0.717, 1.165) is 43.7 Å². The fourth-order valence-electron chi connectivity index (χ4n) is 5.41. The van der Waals surface area contributed by atoms with E-state index in [0.29, 0.717) is 31.0 Å². The summed E-state index contributed by atoms with van der Waals surface area (Å²) in [6, 6.07) is 9.76. The highest BCUT2D eigenvalue weighted by Crippen LogP contribution is 2.34. The smallest absolute Gasteiger partial charge is 0.266 e. The molecule has 1 N–H and O–H groups in total. The summed E-state index contributed by atoms with van der Waals surface area (Å²) in [5.74, 6) is -1.71. The lowest BCUT2D eigenvalue weighted by Crippen LogP contribution is -2.59. The summed E-state index contributed by atoms with van der Waals surface area (Å²) in [7, 11) is 0. The highest BCUT2D eigenvalue weighted by Gasteiger charge is 2.40. The lowest BCUT2D eigenvalue weighted by atomic mass is 9.79. The lowest BCUT2D eigenvalue weighted by Gasteiger charge is -2.48. The molecule has 0 unspecified atom stereocenters. The molecule has 2 aliphatic heterocycles. The largest absolute Gasteiger partial charge is 0.379 e. The zero-order chi connectivity index (χ0) is 23.7.